The van der Waals surface area contributed by atoms with Crippen molar-refractivity contribution >= 4 is 5.97 Å². The molecule has 1 unspecified atom stereocenters. The van der Waals surface area contributed by atoms with Gasteiger partial charge in [-0.2, -0.15) is 5.10 Å². The van der Waals surface area contributed by atoms with E-state index in [1.54, 1.807) is 0 Å². The van der Waals surface area contributed by atoms with E-state index in [-0.39, 0.29) is 11.9 Å². The second kappa shape index (κ2) is 6.16. The highest BCUT2D eigenvalue weighted by Gasteiger charge is 2.37. The van der Waals surface area contributed by atoms with Gasteiger partial charge in [-0.1, -0.05) is 25.7 Å². The number of hydrogen-bond acceptors (Lipinski definition) is 4. The number of rotatable bonds is 4. The Balaban J connectivity index is 1.89. The molecule has 116 valence electrons. The van der Waals surface area contributed by atoms with Crippen LogP contribution < -0.4 is 0 Å². The second-order valence-corrected chi connectivity index (χ2v) is 6.48. The molecule has 2 aliphatic carbocycles. The lowest BCUT2D eigenvalue weighted by atomic mass is 9.90. The third-order valence-electron chi connectivity index (χ3n) is 5.14. The van der Waals surface area contributed by atoms with Crippen LogP contribution in [0.5, 0.6) is 0 Å². The molecular weight excluding hydrogens is 266 g/mol. The van der Waals surface area contributed by atoms with E-state index in [1.165, 1.54) is 45.6 Å². The summed E-state index contributed by atoms with van der Waals surface area (Å²) in [5.74, 6) is 2.16. The summed E-state index contributed by atoms with van der Waals surface area (Å²) in [4.78, 5) is 17.0. The van der Waals surface area contributed by atoms with Crippen LogP contribution in [0.2, 0.25) is 0 Å². The fraction of sp³-hybridized carbons (Fsp3) is 0.812. The van der Waals surface area contributed by atoms with Gasteiger partial charge in [0.1, 0.15) is 11.7 Å². The number of hydrogen-bond donors (Lipinski definition) is 0. The SMILES string of the molecule is COC(=O)C(c1nc(C2CCCC2)nn1C)C1CCCC1. The molecule has 1 atom stereocenters. The number of methoxy groups -OCH3 is 1. The van der Waals surface area contributed by atoms with Crippen molar-refractivity contribution in [1.29, 1.82) is 0 Å². The number of aryl methyl sites for hydroxylation is 1. The van der Waals surface area contributed by atoms with Crippen LogP contribution in [0.15, 0.2) is 0 Å². The number of carbonyl (C=O) groups is 1. The second-order valence-electron chi connectivity index (χ2n) is 6.48. The molecule has 21 heavy (non-hydrogen) atoms. The van der Waals surface area contributed by atoms with Gasteiger partial charge in [-0.3, -0.25) is 9.48 Å². The fourth-order valence-corrected chi connectivity index (χ4v) is 3.97. The largest absolute Gasteiger partial charge is 0.468 e. The van der Waals surface area contributed by atoms with Crippen LogP contribution in [0.3, 0.4) is 0 Å². The molecular formula is C16H25N3O2. The zero-order valence-electron chi connectivity index (χ0n) is 13.0. The van der Waals surface area contributed by atoms with Crippen molar-refractivity contribution in [3.8, 4) is 0 Å². The minimum Gasteiger partial charge on any atom is -0.468 e. The Morgan fingerprint density at radius 2 is 1.81 bits per heavy atom. The quantitative estimate of drug-likeness (QED) is 0.800. The van der Waals surface area contributed by atoms with E-state index in [1.807, 2.05) is 11.7 Å². The predicted molar refractivity (Wildman–Crippen MR) is 78.9 cm³/mol. The maximum absolute atomic E-state index is 12.3. The Bertz CT molecular complexity index is 500. The van der Waals surface area contributed by atoms with Crippen molar-refractivity contribution < 1.29 is 9.53 Å². The van der Waals surface area contributed by atoms with E-state index in [0.717, 1.165) is 24.5 Å². The molecule has 5 heteroatoms. The first-order chi connectivity index (χ1) is 10.2. The van der Waals surface area contributed by atoms with Crippen LogP contribution in [-0.4, -0.2) is 27.8 Å². The van der Waals surface area contributed by atoms with Crippen molar-refractivity contribution in [3.05, 3.63) is 11.6 Å². The molecule has 2 fully saturated rings. The van der Waals surface area contributed by atoms with Crippen molar-refractivity contribution in [2.45, 2.75) is 63.2 Å². The smallest absolute Gasteiger partial charge is 0.316 e. The van der Waals surface area contributed by atoms with Crippen molar-refractivity contribution in [2.24, 2.45) is 13.0 Å². The van der Waals surface area contributed by atoms with E-state index >= 15 is 0 Å². The number of ether oxygens (including phenoxy) is 1. The molecule has 3 rings (SSSR count). The van der Waals surface area contributed by atoms with Crippen LogP contribution in [0, 0.1) is 5.92 Å². The molecule has 0 radical (unpaired) electrons. The summed E-state index contributed by atoms with van der Waals surface area (Å²) in [5.41, 5.74) is 0. The standard InChI is InChI=1S/C16H25N3O2/c1-19-15(17-14(18-19)12-9-5-6-10-12)13(16(20)21-2)11-7-3-4-8-11/h11-13H,3-10H2,1-2H3. The van der Waals surface area contributed by atoms with Crippen LogP contribution in [0.4, 0.5) is 0 Å². The molecule has 0 spiro atoms. The van der Waals surface area contributed by atoms with Gasteiger partial charge < -0.3 is 4.74 Å². The number of nitrogens with zero attached hydrogens (tertiary/aromatic N) is 3. The lowest BCUT2D eigenvalue weighted by Gasteiger charge is -2.19. The van der Waals surface area contributed by atoms with Gasteiger partial charge in [-0.25, -0.2) is 4.98 Å². The number of aromatic nitrogens is 3. The van der Waals surface area contributed by atoms with Gasteiger partial charge in [0, 0.05) is 13.0 Å². The van der Waals surface area contributed by atoms with Gasteiger partial charge in [-0.15, -0.1) is 0 Å². The minimum absolute atomic E-state index is 0.157. The Hall–Kier alpha value is -1.39. The molecule has 0 saturated heterocycles. The Labute approximate surface area is 126 Å². The zero-order chi connectivity index (χ0) is 14.8. The molecule has 0 amide bonds. The Kier molecular flexibility index (Phi) is 4.27. The van der Waals surface area contributed by atoms with Gasteiger partial charge in [0.15, 0.2) is 5.82 Å². The van der Waals surface area contributed by atoms with Gasteiger partial charge >= 0.3 is 5.97 Å². The molecule has 0 N–H and O–H groups in total. The van der Waals surface area contributed by atoms with Gasteiger partial charge in [-0.05, 0) is 31.6 Å². The van der Waals surface area contributed by atoms with Crippen LogP contribution in [0.25, 0.3) is 0 Å². The normalized spacial score (nSPS) is 21.8. The molecule has 0 aromatic carbocycles. The van der Waals surface area contributed by atoms with E-state index in [4.69, 9.17) is 9.72 Å². The highest BCUT2D eigenvalue weighted by molar-refractivity contribution is 5.77. The van der Waals surface area contributed by atoms with Crippen molar-refractivity contribution in [3.63, 3.8) is 0 Å². The molecule has 5 nitrogen and oxygen atoms in total. The highest BCUT2D eigenvalue weighted by Crippen LogP contribution is 2.38. The molecule has 1 aromatic rings. The molecule has 2 saturated carbocycles. The summed E-state index contributed by atoms with van der Waals surface area (Å²) < 4.78 is 6.86. The first kappa shape index (κ1) is 14.5. The number of esters is 1. The van der Waals surface area contributed by atoms with Gasteiger partial charge in [0.25, 0.3) is 0 Å². The maximum Gasteiger partial charge on any atom is 0.316 e. The third kappa shape index (κ3) is 2.83. The monoisotopic (exact) mass is 291 g/mol. The van der Waals surface area contributed by atoms with E-state index in [9.17, 15) is 4.79 Å². The summed E-state index contributed by atoms with van der Waals surface area (Å²) in [6.45, 7) is 0. The van der Waals surface area contributed by atoms with Crippen LogP contribution in [0.1, 0.15) is 74.9 Å². The number of carbonyl (C=O) groups excluding carboxylic acids is 1. The minimum atomic E-state index is -0.245. The maximum atomic E-state index is 12.3. The van der Waals surface area contributed by atoms with Crippen LogP contribution in [-0.2, 0) is 16.6 Å². The van der Waals surface area contributed by atoms with E-state index < -0.39 is 0 Å². The zero-order valence-corrected chi connectivity index (χ0v) is 13.0. The Morgan fingerprint density at radius 1 is 1.19 bits per heavy atom. The van der Waals surface area contributed by atoms with Crippen molar-refractivity contribution in [2.75, 3.05) is 7.11 Å². The lowest BCUT2D eigenvalue weighted by molar-refractivity contribution is -0.144. The Morgan fingerprint density at radius 3 is 2.43 bits per heavy atom. The summed E-state index contributed by atoms with van der Waals surface area (Å²) in [7, 11) is 3.38. The molecule has 2 aliphatic rings. The van der Waals surface area contributed by atoms with Gasteiger partial charge in [0.05, 0.1) is 7.11 Å². The third-order valence-corrected chi connectivity index (χ3v) is 5.14. The van der Waals surface area contributed by atoms with E-state index in [0.29, 0.717) is 11.8 Å². The predicted octanol–water partition coefficient (Wildman–Crippen LogP) is 2.92. The summed E-state index contributed by atoms with van der Waals surface area (Å²) in [6.07, 6.45) is 9.46. The van der Waals surface area contributed by atoms with Crippen LogP contribution >= 0.6 is 0 Å². The topological polar surface area (TPSA) is 57.0 Å². The first-order valence-corrected chi connectivity index (χ1v) is 8.19. The fourth-order valence-electron chi connectivity index (χ4n) is 3.97. The molecule has 1 aromatic heterocycles. The first-order valence-electron chi connectivity index (χ1n) is 8.19. The molecule has 0 bridgehead atoms. The van der Waals surface area contributed by atoms with E-state index in [2.05, 4.69) is 5.10 Å². The highest BCUT2D eigenvalue weighted by atomic mass is 16.5. The molecule has 1 heterocycles. The lowest BCUT2D eigenvalue weighted by Crippen LogP contribution is -2.24. The summed E-state index contributed by atoms with van der Waals surface area (Å²) >= 11 is 0. The summed E-state index contributed by atoms with van der Waals surface area (Å²) in [6, 6.07) is 0. The average Bonchev–Trinajstić information content (AvgIpc) is 3.20. The molecule has 0 aliphatic heterocycles. The van der Waals surface area contributed by atoms with Gasteiger partial charge in [0.2, 0.25) is 0 Å². The van der Waals surface area contributed by atoms with Crippen molar-refractivity contribution in [1.82, 2.24) is 14.8 Å². The summed E-state index contributed by atoms with van der Waals surface area (Å²) in [5, 5.41) is 4.60. The average molecular weight is 291 g/mol.